The molecule has 4 aromatic rings. The Balaban J connectivity index is 1.34. The molecule has 0 saturated heterocycles. The van der Waals surface area contributed by atoms with Crippen LogP contribution in [0.25, 0.3) is 22.3 Å². The van der Waals surface area contributed by atoms with Gasteiger partial charge in [-0.05, 0) is 85.3 Å². The van der Waals surface area contributed by atoms with Gasteiger partial charge < -0.3 is 18.9 Å². The maximum absolute atomic E-state index is 13.2. The maximum atomic E-state index is 13.2. The van der Waals surface area contributed by atoms with Gasteiger partial charge in [0, 0.05) is 35.1 Å². The van der Waals surface area contributed by atoms with Crippen molar-refractivity contribution in [2.45, 2.75) is 58.8 Å². The van der Waals surface area contributed by atoms with Crippen LogP contribution in [0.2, 0.25) is 0 Å². The van der Waals surface area contributed by atoms with Crippen LogP contribution in [0.1, 0.15) is 77.8 Å². The summed E-state index contributed by atoms with van der Waals surface area (Å²) in [6, 6.07) is 25.9. The fraction of sp³-hybridized carbons (Fsp3) is 0.317. The molecule has 4 aromatic carbocycles. The zero-order chi connectivity index (χ0) is 35.2. The molecule has 0 spiro atoms. The topological polar surface area (TPSA) is 105 Å². The second-order valence-corrected chi connectivity index (χ2v) is 11.6. The van der Waals surface area contributed by atoms with E-state index in [-0.39, 0.29) is 36.3 Å². The number of ether oxygens (including phenoxy) is 4. The number of unbranched alkanes of at least 4 members (excludes halogenated alkanes) is 2. The van der Waals surface area contributed by atoms with Crippen LogP contribution >= 0.6 is 0 Å². The summed E-state index contributed by atoms with van der Waals surface area (Å²) in [5, 5.41) is 0. The van der Waals surface area contributed by atoms with Gasteiger partial charge in [-0.3, -0.25) is 19.2 Å². The van der Waals surface area contributed by atoms with E-state index in [4.69, 9.17) is 18.9 Å². The molecule has 49 heavy (non-hydrogen) atoms. The zero-order valence-corrected chi connectivity index (χ0v) is 28.7. The Kier molecular flexibility index (Phi) is 13.7. The van der Waals surface area contributed by atoms with Crippen molar-refractivity contribution in [3.63, 3.8) is 0 Å². The highest BCUT2D eigenvalue weighted by atomic mass is 16.5. The molecule has 0 unspecified atom stereocenters. The first-order valence-corrected chi connectivity index (χ1v) is 16.7. The third-order valence-corrected chi connectivity index (χ3v) is 8.13. The van der Waals surface area contributed by atoms with Crippen molar-refractivity contribution in [3.05, 3.63) is 107 Å². The number of rotatable bonds is 18. The van der Waals surface area contributed by atoms with Crippen LogP contribution < -0.4 is 9.47 Å². The SMILES string of the molecule is CCOC(=O)Cc1cccc(-c2cc(C(=O)CCCCCC(=O)c3ccc(OC)c(-c4cccc(CC(=O)OCC)c4)c3)ccc2OC)c1. The summed E-state index contributed by atoms with van der Waals surface area (Å²) in [6.45, 7) is 4.21. The van der Waals surface area contributed by atoms with Crippen LogP contribution in [0.5, 0.6) is 11.5 Å². The third-order valence-electron chi connectivity index (χ3n) is 8.13. The van der Waals surface area contributed by atoms with Crippen LogP contribution in [0.15, 0.2) is 84.9 Å². The van der Waals surface area contributed by atoms with Crippen LogP contribution in [0.4, 0.5) is 0 Å². The van der Waals surface area contributed by atoms with Gasteiger partial charge in [0.25, 0.3) is 0 Å². The lowest BCUT2D eigenvalue weighted by Gasteiger charge is -2.12. The number of ketones is 2. The Bertz CT molecular complexity index is 1640. The van der Waals surface area contributed by atoms with Crippen LogP contribution in [0.3, 0.4) is 0 Å². The number of hydrogen-bond donors (Lipinski definition) is 0. The maximum Gasteiger partial charge on any atom is 0.310 e. The molecular formula is C41H44O8. The fourth-order valence-corrected chi connectivity index (χ4v) is 5.71. The normalized spacial score (nSPS) is 10.7. The minimum Gasteiger partial charge on any atom is -0.496 e. The molecule has 4 rings (SSSR count). The standard InChI is InChI=1S/C41H44O8/c1-5-48-40(44)24-28-12-10-14-30(22-28)34-26-32(18-20-38(34)46-3)36(42)16-8-7-9-17-37(43)33-19-21-39(47-4)35(27-33)31-15-11-13-29(23-31)25-41(45)49-6-2/h10-15,18-23,26-27H,5-9,16-17,24-25H2,1-4H3. The highest BCUT2D eigenvalue weighted by Crippen LogP contribution is 2.33. The molecule has 8 nitrogen and oxygen atoms in total. The molecule has 0 N–H and O–H groups in total. The van der Waals surface area contributed by atoms with Crippen molar-refractivity contribution in [2.75, 3.05) is 27.4 Å². The van der Waals surface area contributed by atoms with E-state index in [1.54, 1.807) is 52.3 Å². The molecule has 0 aliphatic carbocycles. The largest absolute Gasteiger partial charge is 0.496 e. The molecule has 0 radical (unpaired) electrons. The lowest BCUT2D eigenvalue weighted by molar-refractivity contribution is -0.143. The van der Waals surface area contributed by atoms with E-state index in [0.29, 0.717) is 61.5 Å². The molecule has 0 aromatic heterocycles. The van der Waals surface area contributed by atoms with Gasteiger partial charge in [-0.15, -0.1) is 0 Å². The zero-order valence-electron chi connectivity index (χ0n) is 28.7. The van der Waals surface area contributed by atoms with Crippen molar-refractivity contribution in [3.8, 4) is 33.8 Å². The minimum atomic E-state index is -0.291. The fourth-order valence-electron chi connectivity index (χ4n) is 5.71. The van der Waals surface area contributed by atoms with Crippen LogP contribution in [-0.2, 0) is 31.9 Å². The lowest BCUT2D eigenvalue weighted by Crippen LogP contribution is -2.07. The molecule has 0 fully saturated rings. The van der Waals surface area contributed by atoms with Gasteiger partial charge in [0.1, 0.15) is 11.5 Å². The Morgan fingerprint density at radius 3 is 1.35 bits per heavy atom. The summed E-state index contributed by atoms with van der Waals surface area (Å²) >= 11 is 0. The highest BCUT2D eigenvalue weighted by Gasteiger charge is 2.16. The van der Waals surface area contributed by atoms with Crippen molar-refractivity contribution >= 4 is 23.5 Å². The number of carbonyl (C=O) groups is 4. The lowest BCUT2D eigenvalue weighted by atomic mass is 9.95. The van der Waals surface area contributed by atoms with Gasteiger partial charge in [0.2, 0.25) is 0 Å². The molecule has 0 amide bonds. The monoisotopic (exact) mass is 664 g/mol. The molecular weight excluding hydrogens is 620 g/mol. The number of methoxy groups -OCH3 is 2. The van der Waals surface area contributed by atoms with E-state index in [1.807, 2.05) is 60.7 Å². The Hall–Kier alpha value is -5.24. The third kappa shape index (κ3) is 10.4. The van der Waals surface area contributed by atoms with Gasteiger partial charge >= 0.3 is 11.9 Å². The minimum absolute atomic E-state index is 0.0166. The summed E-state index contributed by atoms with van der Waals surface area (Å²) in [7, 11) is 3.17. The van der Waals surface area contributed by atoms with Gasteiger partial charge in [-0.1, -0.05) is 55.0 Å². The van der Waals surface area contributed by atoms with E-state index >= 15 is 0 Å². The van der Waals surface area contributed by atoms with Crippen molar-refractivity contribution in [1.82, 2.24) is 0 Å². The molecule has 0 bridgehead atoms. The van der Waals surface area contributed by atoms with Crippen molar-refractivity contribution < 1.29 is 38.1 Å². The van der Waals surface area contributed by atoms with Crippen molar-refractivity contribution in [1.29, 1.82) is 0 Å². The first-order chi connectivity index (χ1) is 23.8. The summed E-state index contributed by atoms with van der Waals surface area (Å²) in [6.07, 6.45) is 3.09. The average molecular weight is 665 g/mol. The average Bonchev–Trinajstić information content (AvgIpc) is 3.11. The summed E-state index contributed by atoms with van der Waals surface area (Å²) < 4.78 is 21.3. The molecule has 0 aliphatic rings. The Morgan fingerprint density at radius 1 is 0.531 bits per heavy atom. The number of benzene rings is 4. The van der Waals surface area contributed by atoms with Crippen LogP contribution in [0, 0.1) is 0 Å². The second-order valence-electron chi connectivity index (χ2n) is 11.6. The van der Waals surface area contributed by atoms with Crippen molar-refractivity contribution in [2.24, 2.45) is 0 Å². The summed E-state index contributed by atoms with van der Waals surface area (Å²) in [5.74, 6) is 0.719. The highest BCUT2D eigenvalue weighted by molar-refractivity contribution is 5.98. The molecule has 256 valence electrons. The molecule has 0 heterocycles. The van der Waals surface area contributed by atoms with Gasteiger partial charge in [-0.25, -0.2) is 0 Å². The summed E-state index contributed by atoms with van der Waals surface area (Å²) in [5.41, 5.74) is 6.03. The van der Waals surface area contributed by atoms with Gasteiger partial charge in [0.15, 0.2) is 11.6 Å². The quantitative estimate of drug-likeness (QED) is 0.0595. The molecule has 0 atom stereocenters. The predicted molar refractivity (Wildman–Crippen MR) is 189 cm³/mol. The molecule has 0 saturated carbocycles. The number of hydrogen-bond acceptors (Lipinski definition) is 8. The number of esters is 2. The molecule has 0 aliphatic heterocycles. The van der Waals surface area contributed by atoms with E-state index in [9.17, 15) is 19.2 Å². The Morgan fingerprint density at radius 2 is 0.959 bits per heavy atom. The second kappa shape index (κ2) is 18.3. The van der Waals surface area contributed by atoms with Crippen LogP contribution in [-0.4, -0.2) is 50.9 Å². The van der Waals surface area contributed by atoms with E-state index in [0.717, 1.165) is 39.8 Å². The first kappa shape index (κ1) is 36.6. The molecule has 8 heteroatoms. The predicted octanol–water partition coefficient (Wildman–Crippen LogP) is 8.27. The first-order valence-electron chi connectivity index (χ1n) is 16.7. The number of Topliss-reactive ketones (excluding diaryl/α,β-unsaturated/α-hetero) is 2. The van der Waals surface area contributed by atoms with Gasteiger partial charge in [-0.2, -0.15) is 0 Å². The Labute approximate surface area is 288 Å². The number of carbonyl (C=O) groups excluding carboxylic acids is 4. The van der Waals surface area contributed by atoms with E-state index in [2.05, 4.69) is 0 Å². The van der Waals surface area contributed by atoms with E-state index in [1.165, 1.54) is 0 Å². The van der Waals surface area contributed by atoms with Gasteiger partial charge in [0.05, 0.1) is 40.3 Å². The van der Waals surface area contributed by atoms with E-state index < -0.39 is 0 Å². The smallest absolute Gasteiger partial charge is 0.310 e. The summed E-state index contributed by atoms with van der Waals surface area (Å²) in [4.78, 5) is 50.3.